The summed E-state index contributed by atoms with van der Waals surface area (Å²) < 4.78 is 0. The molecule has 0 saturated heterocycles. The Kier molecular flexibility index (Phi) is 2.36. The van der Waals surface area contributed by atoms with E-state index < -0.39 is 4.92 Å². The predicted molar refractivity (Wildman–Crippen MR) is 49.1 cm³/mol. The molecule has 0 bridgehead atoms. The molecule has 1 aromatic rings. The van der Waals surface area contributed by atoms with Gasteiger partial charge in [-0.3, -0.25) is 15.2 Å². The third kappa shape index (κ3) is 1.53. The molecule has 0 atom stereocenters. The van der Waals surface area contributed by atoms with Crippen molar-refractivity contribution in [3.63, 3.8) is 0 Å². The normalized spacial score (nSPS) is 9.77. The molecule has 7 heteroatoms. The Morgan fingerprint density at radius 1 is 1.62 bits per heavy atom. The number of rotatable bonds is 3. The minimum atomic E-state index is -0.468. The fourth-order valence-corrected chi connectivity index (χ4v) is 0.986. The molecule has 0 aliphatic rings. The number of nitrogens with one attached hydrogen (secondary N) is 2. The highest BCUT2D eigenvalue weighted by atomic mass is 16.6. The summed E-state index contributed by atoms with van der Waals surface area (Å²) in [5.41, 5.74) is -0.0347. The van der Waals surface area contributed by atoms with Gasteiger partial charge in [-0.2, -0.15) is 0 Å². The van der Waals surface area contributed by atoms with Crippen molar-refractivity contribution in [3.05, 3.63) is 10.1 Å². The van der Waals surface area contributed by atoms with Crippen molar-refractivity contribution < 1.29 is 4.92 Å². The first-order chi connectivity index (χ1) is 6.07. The molecule has 1 heterocycles. The van der Waals surface area contributed by atoms with Gasteiger partial charge in [-0.25, -0.2) is 0 Å². The summed E-state index contributed by atoms with van der Waals surface area (Å²) in [6.07, 6.45) is 0. The van der Waals surface area contributed by atoms with Gasteiger partial charge in [0.15, 0.2) is 0 Å². The van der Waals surface area contributed by atoms with Crippen LogP contribution in [0.25, 0.3) is 0 Å². The number of hydrogen-bond donors (Lipinski definition) is 2. The van der Waals surface area contributed by atoms with Gasteiger partial charge in [0.1, 0.15) is 0 Å². The minimum absolute atomic E-state index is 0.0347. The van der Waals surface area contributed by atoms with E-state index in [2.05, 4.69) is 15.5 Å². The van der Waals surface area contributed by atoms with Gasteiger partial charge in [0.25, 0.3) is 0 Å². The van der Waals surface area contributed by atoms with Crippen LogP contribution in [-0.2, 0) is 0 Å². The van der Waals surface area contributed by atoms with E-state index in [1.807, 2.05) is 0 Å². The summed E-state index contributed by atoms with van der Waals surface area (Å²) in [5.74, 6) is 0.628. The van der Waals surface area contributed by atoms with Crippen LogP contribution in [-0.4, -0.2) is 36.3 Å². The third-order valence-corrected chi connectivity index (χ3v) is 1.58. The number of nitro groups is 1. The van der Waals surface area contributed by atoms with E-state index >= 15 is 0 Å². The molecule has 7 nitrogen and oxygen atoms in total. The number of hydrogen-bond acceptors (Lipinski definition) is 5. The van der Waals surface area contributed by atoms with Crippen molar-refractivity contribution in [2.45, 2.75) is 0 Å². The summed E-state index contributed by atoms with van der Waals surface area (Å²) in [7, 11) is 4.99. The molecular formula is C6H11N5O2. The van der Waals surface area contributed by atoms with Crippen molar-refractivity contribution >= 4 is 17.3 Å². The molecule has 1 aromatic heterocycles. The first-order valence-corrected chi connectivity index (χ1v) is 3.65. The summed E-state index contributed by atoms with van der Waals surface area (Å²) in [6, 6.07) is 0. The molecule has 0 aromatic carbocycles. The quantitative estimate of drug-likeness (QED) is 0.526. The van der Waals surface area contributed by atoms with Crippen molar-refractivity contribution in [1.82, 2.24) is 10.2 Å². The minimum Gasteiger partial charge on any atom is -0.368 e. The van der Waals surface area contributed by atoms with Crippen LogP contribution in [0.5, 0.6) is 0 Å². The molecule has 0 aliphatic heterocycles. The van der Waals surface area contributed by atoms with Crippen LogP contribution < -0.4 is 10.2 Å². The van der Waals surface area contributed by atoms with E-state index in [0.29, 0.717) is 11.6 Å². The average Bonchev–Trinajstić information content (AvgIpc) is 2.46. The Labute approximate surface area is 74.9 Å². The monoisotopic (exact) mass is 185 g/mol. The van der Waals surface area contributed by atoms with E-state index in [1.54, 1.807) is 26.0 Å². The highest BCUT2D eigenvalue weighted by Gasteiger charge is 2.24. The molecule has 72 valence electrons. The van der Waals surface area contributed by atoms with Gasteiger partial charge in [0.2, 0.25) is 11.6 Å². The van der Waals surface area contributed by atoms with Crippen molar-refractivity contribution in [1.29, 1.82) is 0 Å². The van der Waals surface area contributed by atoms with Crippen molar-refractivity contribution in [2.24, 2.45) is 0 Å². The van der Waals surface area contributed by atoms with Gasteiger partial charge in [0.05, 0.1) is 4.92 Å². The fraction of sp³-hybridized carbons (Fsp3) is 0.500. The van der Waals surface area contributed by atoms with E-state index in [1.165, 1.54) is 0 Å². The summed E-state index contributed by atoms with van der Waals surface area (Å²) in [4.78, 5) is 11.8. The maximum atomic E-state index is 10.6. The molecule has 1 rings (SSSR count). The summed E-state index contributed by atoms with van der Waals surface area (Å²) >= 11 is 0. The zero-order valence-corrected chi connectivity index (χ0v) is 7.66. The van der Waals surface area contributed by atoms with Gasteiger partial charge in [0, 0.05) is 21.1 Å². The molecule has 2 N–H and O–H groups in total. The van der Waals surface area contributed by atoms with Crippen LogP contribution in [0.3, 0.4) is 0 Å². The number of H-pyrrole nitrogens is 1. The lowest BCUT2D eigenvalue weighted by Gasteiger charge is -2.06. The van der Waals surface area contributed by atoms with E-state index in [4.69, 9.17) is 0 Å². The molecule has 0 amide bonds. The Bertz CT molecular complexity index is 319. The smallest absolute Gasteiger partial charge is 0.354 e. The second-order valence-corrected chi connectivity index (χ2v) is 2.67. The van der Waals surface area contributed by atoms with Gasteiger partial charge < -0.3 is 10.2 Å². The third-order valence-electron chi connectivity index (χ3n) is 1.58. The van der Waals surface area contributed by atoms with Crippen molar-refractivity contribution in [2.75, 3.05) is 31.4 Å². The fourth-order valence-electron chi connectivity index (χ4n) is 0.986. The summed E-state index contributed by atoms with van der Waals surface area (Å²) in [5, 5.41) is 19.7. The zero-order chi connectivity index (χ0) is 10.0. The largest absolute Gasteiger partial charge is 0.368 e. The molecule has 0 spiro atoms. The van der Waals surface area contributed by atoms with Crippen LogP contribution >= 0.6 is 0 Å². The molecule has 0 radical (unpaired) electrons. The van der Waals surface area contributed by atoms with Crippen LogP contribution in [0.2, 0.25) is 0 Å². The lowest BCUT2D eigenvalue weighted by molar-refractivity contribution is -0.383. The number of aromatic nitrogens is 2. The molecule has 0 aliphatic carbocycles. The van der Waals surface area contributed by atoms with E-state index in [9.17, 15) is 10.1 Å². The van der Waals surface area contributed by atoms with Crippen molar-refractivity contribution in [3.8, 4) is 0 Å². The van der Waals surface area contributed by atoms with E-state index in [-0.39, 0.29) is 5.69 Å². The average molecular weight is 185 g/mol. The van der Waals surface area contributed by atoms with Crippen LogP contribution in [0.1, 0.15) is 0 Å². The van der Waals surface area contributed by atoms with Gasteiger partial charge >= 0.3 is 5.69 Å². The second kappa shape index (κ2) is 3.30. The molecule has 0 unspecified atom stereocenters. The van der Waals surface area contributed by atoms with Crippen LogP contribution in [0.4, 0.5) is 17.3 Å². The maximum absolute atomic E-state index is 10.6. The first-order valence-electron chi connectivity index (χ1n) is 3.65. The molecular weight excluding hydrogens is 174 g/mol. The topological polar surface area (TPSA) is 87.1 Å². The highest BCUT2D eigenvalue weighted by Crippen LogP contribution is 2.30. The highest BCUT2D eigenvalue weighted by molar-refractivity contribution is 5.70. The Morgan fingerprint density at radius 3 is 2.62 bits per heavy atom. The molecule has 0 saturated carbocycles. The maximum Gasteiger partial charge on any atom is 0.354 e. The van der Waals surface area contributed by atoms with Crippen LogP contribution in [0.15, 0.2) is 0 Å². The Hall–Kier alpha value is -1.79. The Morgan fingerprint density at radius 2 is 2.23 bits per heavy atom. The molecule has 0 fully saturated rings. The summed E-state index contributed by atoms with van der Waals surface area (Å²) in [6.45, 7) is 0. The van der Waals surface area contributed by atoms with E-state index in [0.717, 1.165) is 0 Å². The predicted octanol–water partition coefficient (Wildman–Crippen LogP) is 0.426. The zero-order valence-electron chi connectivity index (χ0n) is 7.66. The second-order valence-electron chi connectivity index (χ2n) is 2.67. The number of nitrogens with zero attached hydrogens (tertiary/aromatic N) is 3. The number of anilines is 2. The van der Waals surface area contributed by atoms with Gasteiger partial charge in [-0.15, -0.1) is 5.10 Å². The first kappa shape index (κ1) is 9.30. The lowest BCUT2D eigenvalue weighted by Crippen LogP contribution is -2.11. The standard InChI is InChI=1S/C6H11N5O2/c1-7-5-4(11(12)13)6(9-8-5)10(2)3/h1-3H3,(H2,7,8,9). The SMILES string of the molecule is CNc1[nH]nc(N(C)C)c1[N+](=O)[O-]. The number of aromatic amines is 1. The van der Waals surface area contributed by atoms with Crippen LogP contribution in [0, 0.1) is 10.1 Å². The van der Waals surface area contributed by atoms with Gasteiger partial charge in [-0.1, -0.05) is 0 Å². The van der Waals surface area contributed by atoms with Gasteiger partial charge in [-0.05, 0) is 0 Å². The lowest BCUT2D eigenvalue weighted by atomic mass is 10.4. The Balaban J connectivity index is 3.22. The molecule has 13 heavy (non-hydrogen) atoms.